The lowest BCUT2D eigenvalue weighted by Crippen LogP contribution is -2.47. The van der Waals surface area contributed by atoms with Gasteiger partial charge < -0.3 is 15.5 Å². The Balaban J connectivity index is 1.85. The van der Waals surface area contributed by atoms with Crippen LogP contribution in [0.4, 0.5) is 24.5 Å². The molecule has 1 aliphatic rings. The van der Waals surface area contributed by atoms with E-state index in [0.29, 0.717) is 16.2 Å². The molecule has 1 unspecified atom stereocenters. The monoisotopic (exact) mass is 544 g/mol. The second-order valence-electron chi connectivity index (χ2n) is 7.90. The molecule has 0 aliphatic heterocycles. The highest BCUT2D eigenvalue weighted by Gasteiger charge is 2.58. The average Bonchev–Trinajstić information content (AvgIpc) is 2.79. The Hall–Kier alpha value is -3.51. The van der Waals surface area contributed by atoms with Crippen LogP contribution in [-0.4, -0.2) is 42.4 Å². The number of carboxylic acid groups (broad SMARTS) is 1. The minimum absolute atomic E-state index is 0.230. The smallest absolute Gasteiger partial charge is 0.406 e. The van der Waals surface area contributed by atoms with E-state index in [4.69, 9.17) is 16.7 Å². The van der Waals surface area contributed by atoms with Crippen LogP contribution in [0.5, 0.6) is 5.75 Å². The maximum Gasteiger partial charge on any atom is 0.406 e. The zero-order chi connectivity index (χ0) is 26.7. The van der Waals surface area contributed by atoms with Crippen LogP contribution >= 0.6 is 11.6 Å². The van der Waals surface area contributed by atoms with Crippen molar-refractivity contribution in [1.29, 1.82) is 0 Å². The van der Waals surface area contributed by atoms with E-state index in [1.54, 1.807) is 24.3 Å². The van der Waals surface area contributed by atoms with Crippen LogP contribution in [0.2, 0.25) is 5.02 Å². The Morgan fingerprint density at radius 3 is 2.42 bits per heavy atom. The normalized spacial score (nSPS) is 17.8. The third kappa shape index (κ3) is 6.00. The van der Waals surface area contributed by atoms with Crippen molar-refractivity contribution in [3.8, 4) is 5.75 Å². The average molecular weight is 545 g/mol. The van der Waals surface area contributed by atoms with Gasteiger partial charge in [-0.3, -0.25) is 14.3 Å². The van der Waals surface area contributed by atoms with Crippen LogP contribution < -0.4 is 10.0 Å². The van der Waals surface area contributed by atoms with Gasteiger partial charge in [0.05, 0.1) is 17.9 Å². The number of alkyl halides is 3. The van der Waals surface area contributed by atoms with Crippen LogP contribution in [0.3, 0.4) is 0 Å². The van der Waals surface area contributed by atoms with Crippen molar-refractivity contribution < 1.29 is 41.4 Å². The SMILES string of the molecule is O=C(O)CCS(=O)(=O)Nc1cc(NC(=O)C2(C(F)(F)F)C=CC(c3ccccc3Cl)=CC2)ccc1O. The number of hydrogen-bond donors (Lipinski definition) is 4. The first-order valence-electron chi connectivity index (χ1n) is 10.3. The molecule has 4 N–H and O–H groups in total. The number of carboxylic acids is 1. The fraction of sp³-hybridized carbons (Fsp3) is 0.217. The van der Waals surface area contributed by atoms with Gasteiger partial charge in [-0.25, -0.2) is 8.42 Å². The molecule has 1 amide bonds. The first-order chi connectivity index (χ1) is 16.7. The summed E-state index contributed by atoms with van der Waals surface area (Å²) in [7, 11) is -4.20. The lowest BCUT2D eigenvalue weighted by atomic mass is 9.77. The largest absolute Gasteiger partial charge is 0.506 e. The topological polar surface area (TPSA) is 133 Å². The second kappa shape index (κ2) is 10.2. The number of benzene rings is 2. The molecule has 36 heavy (non-hydrogen) atoms. The number of carbonyl (C=O) groups excluding carboxylic acids is 1. The third-order valence-electron chi connectivity index (χ3n) is 5.39. The minimum Gasteiger partial charge on any atom is -0.506 e. The molecule has 0 spiro atoms. The van der Waals surface area contributed by atoms with Crippen LogP contribution in [0.15, 0.2) is 60.7 Å². The van der Waals surface area contributed by atoms with Gasteiger partial charge in [-0.15, -0.1) is 0 Å². The number of aliphatic carboxylic acids is 1. The number of anilines is 2. The van der Waals surface area contributed by atoms with Gasteiger partial charge in [0.1, 0.15) is 5.75 Å². The fourth-order valence-corrected chi connectivity index (χ4v) is 4.71. The Morgan fingerprint density at radius 2 is 1.83 bits per heavy atom. The van der Waals surface area contributed by atoms with E-state index in [1.165, 1.54) is 6.08 Å². The number of phenolic OH excluding ortho intramolecular Hbond substituents is 1. The van der Waals surface area contributed by atoms with Gasteiger partial charge in [-0.1, -0.05) is 48.0 Å². The van der Waals surface area contributed by atoms with E-state index in [1.807, 2.05) is 4.72 Å². The van der Waals surface area contributed by atoms with Gasteiger partial charge in [-0.2, -0.15) is 13.2 Å². The maximum absolute atomic E-state index is 14.1. The fourth-order valence-electron chi connectivity index (χ4n) is 3.42. The number of halogens is 4. The minimum atomic E-state index is -4.98. The van der Waals surface area contributed by atoms with Crippen LogP contribution in [0, 0.1) is 5.41 Å². The summed E-state index contributed by atoms with van der Waals surface area (Å²) < 4.78 is 68.4. The maximum atomic E-state index is 14.1. The summed E-state index contributed by atoms with van der Waals surface area (Å²) in [5.41, 5.74) is -2.68. The Labute approximate surface area is 209 Å². The molecule has 2 aromatic rings. The summed E-state index contributed by atoms with van der Waals surface area (Å²) in [4.78, 5) is 23.5. The molecule has 0 radical (unpaired) electrons. The molecule has 0 saturated heterocycles. The quantitative estimate of drug-likeness (QED) is 0.279. The predicted molar refractivity (Wildman–Crippen MR) is 128 cm³/mol. The Kier molecular flexibility index (Phi) is 7.70. The van der Waals surface area contributed by atoms with Crippen LogP contribution in [0.25, 0.3) is 5.57 Å². The molecule has 3 rings (SSSR count). The molecule has 8 nitrogen and oxygen atoms in total. The molecule has 0 heterocycles. The first kappa shape index (κ1) is 27.1. The van der Waals surface area contributed by atoms with E-state index in [9.17, 15) is 36.3 Å². The molecule has 0 fully saturated rings. The number of phenols is 1. The van der Waals surface area contributed by atoms with E-state index in [0.717, 1.165) is 30.4 Å². The number of nitrogens with one attached hydrogen (secondary N) is 2. The van der Waals surface area contributed by atoms with Crippen molar-refractivity contribution in [2.45, 2.75) is 19.0 Å². The molecular formula is C23H20ClF3N2O6S. The Morgan fingerprint density at radius 1 is 1.14 bits per heavy atom. The molecule has 1 atom stereocenters. The number of allylic oxidation sites excluding steroid dienone is 3. The zero-order valence-electron chi connectivity index (χ0n) is 18.3. The lowest BCUT2D eigenvalue weighted by Gasteiger charge is -2.33. The highest BCUT2D eigenvalue weighted by molar-refractivity contribution is 7.92. The van der Waals surface area contributed by atoms with Crippen molar-refractivity contribution in [2.75, 3.05) is 15.8 Å². The third-order valence-corrected chi connectivity index (χ3v) is 6.99. The van der Waals surface area contributed by atoms with E-state index < -0.39 is 63.5 Å². The van der Waals surface area contributed by atoms with Crippen molar-refractivity contribution >= 4 is 50.4 Å². The summed E-state index contributed by atoms with van der Waals surface area (Å²) in [5.74, 6) is -4.18. The Bertz CT molecular complexity index is 1360. The van der Waals surface area contributed by atoms with Gasteiger partial charge in [-0.05, 0) is 41.8 Å². The standard InChI is InChI=1S/C23H20ClF3N2O6S/c24-17-4-2-1-3-16(17)14-7-10-22(11-8-14,23(25,26)27)21(33)28-15-5-6-19(30)18(13-15)29-36(34,35)12-9-20(31)32/h1-8,10,13,29-30H,9,11-12H2,(H,28,33)(H,31,32). The van der Waals surface area contributed by atoms with Gasteiger partial charge >= 0.3 is 12.1 Å². The molecule has 0 saturated carbocycles. The second-order valence-corrected chi connectivity index (χ2v) is 10.1. The number of aromatic hydroxyl groups is 1. The molecule has 13 heteroatoms. The van der Waals surface area contributed by atoms with Crippen molar-refractivity contribution in [3.05, 3.63) is 71.3 Å². The van der Waals surface area contributed by atoms with E-state index in [2.05, 4.69) is 5.32 Å². The summed E-state index contributed by atoms with van der Waals surface area (Å²) in [5, 5.41) is 21.0. The summed E-state index contributed by atoms with van der Waals surface area (Å²) >= 11 is 6.12. The summed E-state index contributed by atoms with van der Waals surface area (Å²) in [6, 6.07) is 9.54. The van der Waals surface area contributed by atoms with Gasteiger partial charge in [0.25, 0.3) is 0 Å². The highest BCUT2D eigenvalue weighted by atomic mass is 35.5. The predicted octanol–water partition coefficient (Wildman–Crippen LogP) is 4.79. The van der Waals surface area contributed by atoms with Gasteiger partial charge in [0.15, 0.2) is 5.41 Å². The molecule has 0 aromatic heterocycles. The first-order valence-corrected chi connectivity index (χ1v) is 12.3. The molecule has 1 aliphatic carbocycles. The number of hydrogen-bond acceptors (Lipinski definition) is 5. The summed E-state index contributed by atoms with van der Waals surface area (Å²) in [6.45, 7) is 0. The van der Waals surface area contributed by atoms with Crippen LogP contribution in [-0.2, 0) is 19.6 Å². The van der Waals surface area contributed by atoms with E-state index >= 15 is 0 Å². The number of sulfonamides is 1. The molecule has 2 aromatic carbocycles. The number of rotatable bonds is 8. The molecular weight excluding hydrogens is 525 g/mol. The van der Waals surface area contributed by atoms with Gasteiger partial charge in [0.2, 0.25) is 15.9 Å². The number of amides is 1. The molecule has 0 bridgehead atoms. The summed E-state index contributed by atoms with van der Waals surface area (Å²) in [6.07, 6.45) is -3.24. The van der Waals surface area contributed by atoms with Crippen molar-refractivity contribution in [3.63, 3.8) is 0 Å². The molecule has 192 valence electrons. The number of carbonyl (C=O) groups is 2. The van der Waals surface area contributed by atoms with E-state index in [-0.39, 0.29) is 5.69 Å². The van der Waals surface area contributed by atoms with Crippen LogP contribution in [0.1, 0.15) is 18.4 Å². The zero-order valence-corrected chi connectivity index (χ0v) is 19.9. The highest BCUT2D eigenvalue weighted by Crippen LogP contribution is 2.47. The lowest BCUT2D eigenvalue weighted by molar-refractivity contribution is -0.203. The van der Waals surface area contributed by atoms with Gasteiger partial charge in [0, 0.05) is 10.7 Å². The van der Waals surface area contributed by atoms with Crippen molar-refractivity contribution in [2.24, 2.45) is 5.41 Å². The van der Waals surface area contributed by atoms with Crippen molar-refractivity contribution in [1.82, 2.24) is 0 Å².